The van der Waals surface area contributed by atoms with Crippen molar-refractivity contribution in [2.75, 3.05) is 31.2 Å². The van der Waals surface area contributed by atoms with Crippen LogP contribution >= 0.6 is 11.8 Å². The van der Waals surface area contributed by atoms with Crippen molar-refractivity contribution in [3.05, 3.63) is 48.3 Å². The molecule has 1 aromatic carbocycles. The Kier molecular flexibility index (Phi) is 4.50. The van der Waals surface area contributed by atoms with Gasteiger partial charge < -0.3 is 9.64 Å². The predicted octanol–water partition coefficient (Wildman–Crippen LogP) is 2.61. The van der Waals surface area contributed by atoms with Crippen molar-refractivity contribution in [1.29, 1.82) is 0 Å². The molecule has 0 atom stereocenters. The van der Waals surface area contributed by atoms with E-state index in [-0.39, 0.29) is 0 Å². The second kappa shape index (κ2) is 6.72. The summed E-state index contributed by atoms with van der Waals surface area (Å²) in [7, 11) is 0. The van der Waals surface area contributed by atoms with Gasteiger partial charge in [-0.3, -0.25) is 4.98 Å². The van der Waals surface area contributed by atoms with Gasteiger partial charge in [0.15, 0.2) is 0 Å². The molecular weight excluding hydrogens is 270 g/mol. The van der Waals surface area contributed by atoms with E-state index in [1.165, 1.54) is 5.56 Å². The first-order valence-corrected chi connectivity index (χ1v) is 7.72. The number of hydrogen-bond acceptors (Lipinski definition) is 5. The van der Waals surface area contributed by atoms with Crippen LogP contribution in [0, 0.1) is 0 Å². The molecule has 0 N–H and O–H groups in total. The largest absolute Gasteiger partial charge is 0.378 e. The van der Waals surface area contributed by atoms with E-state index in [0.717, 1.165) is 42.9 Å². The van der Waals surface area contributed by atoms with Crippen molar-refractivity contribution in [1.82, 2.24) is 9.97 Å². The van der Waals surface area contributed by atoms with Crippen LogP contribution in [0.3, 0.4) is 0 Å². The van der Waals surface area contributed by atoms with Crippen LogP contribution in [0.5, 0.6) is 0 Å². The van der Waals surface area contributed by atoms with Crippen molar-refractivity contribution < 1.29 is 4.74 Å². The van der Waals surface area contributed by atoms with E-state index in [1.54, 1.807) is 11.8 Å². The van der Waals surface area contributed by atoms with Crippen LogP contribution in [-0.2, 0) is 10.5 Å². The van der Waals surface area contributed by atoms with Crippen molar-refractivity contribution >= 4 is 17.6 Å². The monoisotopic (exact) mass is 287 g/mol. The molecule has 2 aromatic rings. The van der Waals surface area contributed by atoms with Gasteiger partial charge >= 0.3 is 0 Å². The Labute approximate surface area is 123 Å². The van der Waals surface area contributed by atoms with Crippen LogP contribution in [0.15, 0.2) is 47.8 Å². The molecule has 4 nitrogen and oxygen atoms in total. The van der Waals surface area contributed by atoms with Crippen LogP contribution in [-0.4, -0.2) is 36.3 Å². The van der Waals surface area contributed by atoms with Gasteiger partial charge in [0.25, 0.3) is 0 Å². The van der Waals surface area contributed by atoms with E-state index in [4.69, 9.17) is 4.74 Å². The highest BCUT2D eigenvalue weighted by Gasteiger charge is 2.13. The third kappa shape index (κ3) is 3.49. The molecular formula is C15H17N3OS. The summed E-state index contributed by atoms with van der Waals surface area (Å²) in [5.41, 5.74) is 1.30. The molecule has 1 aliphatic heterocycles. The fourth-order valence-corrected chi connectivity index (χ4v) is 2.88. The Balaban J connectivity index is 1.65. The molecule has 0 radical (unpaired) electrons. The first-order chi connectivity index (χ1) is 9.92. The Bertz CT molecular complexity index is 544. The average molecular weight is 287 g/mol. The van der Waals surface area contributed by atoms with E-state index >= 15 is 0 Å². The molecule has 1 aromatic heterocycles. The smallest absolute Gasteiger partial charge is 0.148 e. The van der Waals surface area contributed by atoms with E-state index in [9.17, 15) is 0 Å². The van der Waals surface area contributed by atoms with Gasteiger partial charge in [-0.05, 0) is 5.56 Å². The molecule has 20 heavy (non-hydrogen) atoms. The molecule has 104 valence electrons. The number of thioether (sulfide) groups is 1. The van der Waals surface area contributed by atoms with Gasteiger partial charge in [-0.1, -0.05) is 30.3 Å². The second-order valence-electron chi connectivity index (χ2n) is 4.59. The molecule has 1 saturated heterocycles. The van der Waals surface area contributed by atoms with Gasteiger partial charge in [-0.2, -0.15) is 0 Å². The van der Waals surface area contributed by atoms with Crippen LogP contribution in [0.25, 0.3) is 0 Å². The summed E-state index contributed by atoms with van der Waals surface area (Å²) in [5.74, 6) is 1.87. The lowest BCUT2D eigenvalue weighted by Gasteiger charge is -2.27. The number of hydrogen-bond donors (Lipinski definition) is 0. The highest BCUT2D eigenvalue weighted by atomic mass is 32.2. The zero-order valence-electron chi connectivity index (χ0n) is 11.2. The number of morpholine rings is 1. The maximum absolute atomic E-state index is 5.36. The standard InChI is InChI=1S/C15H17N3OS/c1-2-4-13(5-3-1)12-20-15-11-16-10-14(17-15)18-6-8-19-9-7-18/h1-5,10-11H,6-9,12H2. The summed E-state index contributed by atoms with van der Waals surface area (Å²) >= 11 is 1.72. The molecule has 0 amide bonds. The lowest BCUT2D eigenvalue weighted by atomic mass is 10.2. The zero-order chi connectivity index (χ0) is 13.6. The molecule has 0 unspecified atom stereocenters. The summed E-state index contributed by atoms with van der Waals surface area (Å²) in [4.78, 5) is 11.2. The molecule has 1 aliphatic rings. The van der Waals surface area contributed by atoms with Gasteiger partial charge in [-0.15, -0.1) is 11.8 Å². The second-order valence-corrected chi connectivity index (χ2v) is 5.58. The normalized spacial score (nSPS) is 15.3. The molecule has 5 heteroatoms. The van der Waals surface area contributed by atoms with Crippen molar-refractivity contribution in [2.45, 2.75) is 10.8 Å². The van der Waals surface area contributed by atoms with E-state index in [0.29, 0.717) is 0 Å². The average Bonchev–Trinajstić information content (AvgIpc) is 2.55. The number of ether oxygens (including phenoxy) is 1. The third-order valence-electron chi connectivity index (χ3n) is 3.16. The first-order valence-electron chi connectivity index (χ1n) is 6.73. The van der Waals surface area contributed by atoms with E-state index < -0.39 is 0 Å². The highest BCUT2D eigenvalue weighted by molar-refractivity contribution is 7.98. The van der Waals surface area contributed by atoms with Gasteiger partial charge in [0.05, 0.1) is 25.6 Å². The quantitative estimate of drug-likeness (QED) is 0.808. The summed E-state index contributed by atoms with van der Waals surface area (Å²) in [6.45, 7) is 3.31. The lowest BCUT2D eigenvalue weighted by Crippen LogP contribution is -2.36. The number of anilines is 1. The minimum atomic E-state index is 0.767. The fraction of sp³-hybridized carbons (Fsp3) is 0.333. The Morgan fingerprint density at radius 3 is 2.70 bits per heavy atom. The summed E-state index contributed by atoms with van der Waals surface area (Å²) in [5, 5.41) is 0.970. The van der Waals surface area contributed by atoms with Crippen LogP contribution < -0.4 is 4.90 Å². The van der Waals surface area contributed by atoms with Gasteiger partial charge in [0.2, 0.25) is 0 Å². The minimum absolute atomic E-state index is 0.767. The topological polar surface area (TPSA) is 38.2 Å². The molecule has 0 saturated carbocycles. The Hall–Kier alpha value is -1.59. The lowest BCUT2D eigenvalue weighted by molar-refractivity contribution is 0.122. The van der Waals surface area contributed by atoms with Gasteiger partial charge in [-0.25, -0.2) is 4.98 Å². The van der Waals surface area contributed by atoms with Crippen molar-refractivity contribution in [3.8, 4) is 0 Å². The first kappa shape index (κ1) is 13.4. The van der Waals surface area contributed by atoms with Gasteiger partial charge in [0.1, 0.15) is 10.8 Å². The summed E-state index contributed by atoms with van der Waals surface area (Å²) in [6.07, 6.45) is 3.66. The number of benzene rings is 1. The van der Waals surface area contributed by atoms with E-state index in [2.05, 4.69) is 39.1 Å². The fourth-order valence-electron chi connectivity index (χ4n) is 2.08. The number of rotatable bonds is 4. The summed E-state index contributed by atoms with van der Waals surface area (Å²) < 4.78 is 5.36. The SMILES string of the molecule is c1ccc(CSc2cncc(N3CCOCC3)n2)cc1. The van der Waals surface area contributed by atoms with Crippen LogP contribution in [0.1, 0.15) is 5.56 Å². The van der Waals surface area contributed by atoms with Crippen LogP contribution in [0.2, 0.25) is 0 Å². The molecule has 1 fully saturated rings. The highest BCUT2D eigenvalue weighted by Crippen LogP contribution is 2.22. The molecule has 0 aliphatic carbocycles. The Morgan fingerprint density at radius 1 is 1.10 bits per heavy atom. The van der Waals surface area contributed by atoms with E-state index in [1.807, 2.05) is 18.5 Å². The maximum atomic E-state index is 5.36. The number of nitrogens with zero attached hydrogens (tertiary/aromatic N) is 3. The predicted molar refractivity (Wildman–Crippen MR) is 81.1 cm³/mol. The Morgan fingerprint density at radius 2 is 1.90 bits per heavy atom. The maximum Gasteiger partial charge on any atom is 0.148 e. The van der Waals surface area contributed by atoms with Gasteiger partial charge in [0, 0.05) is 18.8 Å². The number of aromatic nitrogens is 2. The molecule has 0 bridgehead atoms. The van der Waals surface area contributed by atoms with Crippen LogP contribution in [0.4, 0.5) is 5.82 Å². The third-order valence-corrected chi connectivity index (χ3v) is 4.13. The summed E-state index contributed by atoms with van der Waals surface area (Å²) in [6, 6.07) is 10.4. The minimum Gasteiger partial charge on any atom is -0.378 e. The van der Waals surface area contributed by atoms with Crippen molar-refractivity contribution in [2.24, 2.45) is 0 Å². The van der Waals surface area contributed by atoms with Crippen molar-refractivity contribution in [3.63, 3.8) is 0 Å². The molecule has 2 heterocycles. The zero-order valence-corrected chi connectivity index (χ0v) is 12.1. The molecule has 0 spiro atoms. The molecule has 3 rings (SSSR count).